The van der Waals surface area contributed by atoms with Crippen LogP contribution in [-0.4, -0.2) is 21.2 Å². The average Bonchev–Trinajstić information content (AvgIpc) is 2.89. The van der Waals surface area contributed by atoms with Crippen molar-refractivity contribution in [3.05, 3.63) is 40.9 Å². The maximum atomic E-state index is 8.53. The molecule has 1 aromatic carbocycles. The molecule has 0 bridgehead atoms. The lowest BCUT2D eigenvalue weighted by Gasteiger charge is -2.01. The highest BCUT2D eigenvalue weighted by atomic mass is 32.2. The smallest absolute Gasteiger partial charge is 0.174 e. The first-order valence-electron chi connectivity index (χ1n) is 4.75. The molecule has 0 fully saturated rings. The van der Waals surface area contributed by atoms with E-state index in [1.807, 2.05) is 24.3 Å². The number of thioether (sulfide) groups is 1. The Morgan fingerprint density at radius 1 is 1.41 bits per heavy atom. The summed E-state index contributed by atoms with van der Waals surface area (Å²) in [6, 6.07) is 7.54. The van der Waals surface area contributed by atoms with E-state index in [1.54, 1.807) is 17.3 Å². The number of oxime groups is 1. The fourth-order valence-corrected chi connectivity index (χ4v) is 2.64. The second-order valence-electron chi connectivity index (χ2n) is 3.18. The highest BCUT2D eigenvalue weighted by Gasteiger charge is 2.01. The Balaban J connectivity index is 1.99. The summed E-state index contributed by atoms with van der Waals surface area (Å²) in [5.74, 6) is 0.944. The van der Waals surface area contributed by atoms with Crippen LogP contribution in [-0.2, 0) is 5.75 Å². The van der Waals surface area contributed by atoms with Gasteiger partial charge in [0, 0.05) is 11.3 Å². The van der Waals surface area contributed by atoms with Crippen molar-refractivity contribution in [1.82, 2.24) is 10.2 Å². The molecule has 0 aliphatic rings. The van der Waals surface area contributed by atoms with E-state index in [0.717, 1.165) is 15.7 Å². The Bertz CT molecular complexity index is 496. The molecule has 0 unspecified atom stereocenters. The fraction of sp³-hybridized carbons (Fsp3) is 0.100. The maximum absolute atomic E-state index is 8.53. The van der Waals surface area contributed by atoms with E-state index in [4.69, 9.17) is 10.9 Å². The van der Waals surface area contributed by atoms with Gasteiger partial charge >= 0.3 is 0 Å². The zero-order valence-electron chi connectivity index (χ0n) is 8.78. The van der Waals surface area contributed by atoms with Gasteiger partial charge in [-0.05, 0) is 5.56 Å². The van der Waals surface area contributed by atoms with Gasteiger partial charge in [-0.2, -0.15) is 0 Å². The fourth-order valence-electron chi connectivity index (χ4n) is 1.20. The zero-order valence-corrected chi connectivity index (χ0v) is 10.4. The topological polar surface area (TPSA) is 84.4 Å². The van der Waals surface area contributed by atoms with Crippen molar-refractivity contribution >= 4 is 28.9 Å². The first-order valence-corrected chi connectivity index (χ1v) is 6.62. The molecule has 7 heteroatoms. The summed E-state index contributed by atoms with van der Waals surface area (Å²) in [4.78, 5) is 0. The van der Waals surface area contributed by atoms with E-state index in [1.165, 1.54) is 11.3 Å². The number of amidine groups is 1. The number of hydrogen-bond donors (Lipinski definition) is 2. The molecular formula is C10H10N4OS2. The Hall–Kier alpha value is -1.60. The molecule has 0 radical (unpaired) electrons. The van der Waals surface area contributed by atoms with Gasteiger partial charge in [-0.3, -0.25) is 0 Å². The number of aromatic nitrogens is 2. The van der Waals surface area contributed by atoms with Gasteiger partial charge in [-0.1, -0.05) is 52.5 Å². The molecule has 0 saturated carbocycles. The predicted octanol–water partition coefficient (Wildman–Crippen LogP) is 1.92. The molecule has 17 heavy (non-hydrogen) atoms. The summed E-state index contributed by atoms with van der Waals surface area (Å²) in [6.07, 6.45) is 0. The largest absolute Gasteiger partial charge is 0.409 e. The van der Waals surface area contributed by atoms with Crippen molar-refractivity contribution < 1.29 is 5.21 Å². The molecule has 88 valence electrons. The van der Waals surface area contributed by atoms with Gasteiger partial charge in [-0.15, -0.1) is 10.2 Å². The average molecular weight is 266 g/mol. The second-order valence-corrected chi connectivity index (χ2v) is 5.23. The summed E-state index contributed by atoms with van der Waals surface area (Å²) in [5, 5.41) is 19.2. The predicted molar refractivity (Wildman–Crippen MR) is 68.4 cm³/mol. The Labute approximate surface area is 106 Å². The van der Waals surface area contributed by atoms with Crippen LogP contribution in [0.1, 0.15) is 11.1 Å². The highest BCUT2D eigenvalue weighted by molar-refractivity contribution is 8.00. The Morgan fingerprint density at radius 3 is 2.76 bits per heavy atom. The molecule has 0 amide bonds. The molecule has 0 aliphatic heterocycles. The van der Waals surface area contributed by atoms with Gasteiger partial charge in [0.2, 0.25) is 0 Å². The molecule has 1 heterocycles. The van der Waals surface area contributed by atoms with Crippen molar-refractivity contribution in [2.24, 2.45) is 10.9 Å². The molecule has 0 spiro atoms. The van der Waals surface area contributed by atoms with Gasteiger partial charge < -0.3 is 10.9 Å². The lowest BCUT2D eigenvalue weighted by Crippen LogP contribution is -2.12. The number of nitrogens with zero attached hydrogens (tertiary/aromatic N) is 3. The van der Waals surface area contributed by atoms with Crippen LogP contribution >= 0.6 is 23.1 Å². The third-order valence-electron chi connectivity index (χ3n) is 2.06. The minimum atomic E-state index is 0.119. The number of nitrogens with two attached hydrogens (primary N) is 1. The normalized spacial score (nSPS) is 11.6. The van der Waals surface area contributed by atoms with Crippen molar-refractivity contribution in [3.63, 3.8) is 0 Å². The number of rotatable bonds is 4. The molecule has 5 nitrogen and oxygen atoms in total. The highest BCUT2D eigenvalue weighted by Crippen LogP contribution is 2.23. The molecular weight excluding hydrogens is 256 g/mol. The van der Waals surface area contributed by atoms with Crippen molar-refractivity contribution in [3.8, 4) is 0 Å². The van der Waals surface area contributed by atoms with Crippen molar-refractivity contribution in [1.29, 1.82) is 0 Å². The van der Waals surface area contributed by atoms with Crippen LogP contribution in [0.3, 0.4) is 0 Å². The van der Waals surface area contributed by atoms with E-state index in [0.29, 0.717) is 5.56 Å². The van der Waals surface area contributed by atoms with E-state index in [9.17, 15) is 0 Å². The Morgan fingerprint density at radius 2 is 2.18 bits per heavy atom. The lowest BCUT2D eigenvalue weighted by molar-refractivity contribution is 0.318. The van der Waals surface area contributed by atoms with Gasteiger partial charge in [0.05, 0.1) is 0 Å². The van der Waals surface area contributed by atoms with Crippen molar-refractivity contribution in [2.75, 3.05) is 0 Å². The minimum Gasteiger partial charge on any atom is -0.409 e. The first-order chi connectivity index (χ1) is 8.29. The van der Waals surface area contributed by atoms with E-state index in [2.05, 4.69) is 15.4 Å². The van der Waals surface area contributed by atoms with Gasteiger partial charge in [0.1, 0.15) is 5.51 Å². The molecule has 1 aromatic heterocycles. The quantitative estimate of drug-likeness (QED) is 0.290. The van der Waals surface area contributed by atoms with E-state index in [-0.39, 0.29) is 5.84 Å². The van der Waals surface area contributed by atoms with E-state index >= 15 is 0 Å². The zero-order chi connectivity index (χ0) is 12.1. The van der Waals surface area contributed by atoms with Crippen LogP contribution in [0.25, 0.3) is 0 Å². The van der Waals surface area contributed by atoms with Crippen LogP contribution < -0.4 is 5.73 Å². The standard InChI is InChI=1S/C10H10N4OS2/c11-9(14-15)8-3-1-7(2-4-8)5-16-10-13-12-6-17-10/h1-4,6,15H,5H2,(H2,11,14). The number of benzene rings is 1. The molecule has 0 aliphatic carbocycles. The third-order valence-corrected chi connectivity index (χ3v) is 3.99. The Kier molecular flexibility index (Phi) is 3.94. The number of hydrogen-bond acceptors (Lipinski definition) is 6. The maximum Gasteiger partial charge on any atom is 0.174 e. The van der Waals surface area contributed by atoms with Crippen LogP contribution in [0.4, 0.5) is 0 Å². The van der Waals surface area contributed by atoms with Gasteiger partial charge in [-0.25, -0.2) is 0 Å². The summed E-state index contributed by atoms with van der Waals surface area (Å²) in [6.45, 7) is 0. The van der Waals surface area contributed by atoms with Crippen LogP contribution in [0.2, 0.25) is 0 Å². The monoisotopic (exact) mass is 266 g/mol. The van der Waals surface area contributed by atoms with Crippen LogP contribution in [0, 0.1) is 0 Å². The minimum absolute atomic E-state index is 0.119. The molecule has 2 rings (SSSR count). The SMILES string of the molecule is N/C(=N\O)c1ccc(CSc2nncs2)cc1. The van der Waals surface area contributed by atoms with Gasteiger partial charge in [0.15, 0.2) is 10.2 Å². The lowest BCUT2D eigenvalue weighted by atomic mass is 10.1. The van der Waals surface area contributed by atoms with Crippen LogP contribution in [0.5, 0.6) is 0 Å². The third kappa shape index (κ3) is 3.18. The summed E-state index contributed by atoms with van der Waals surface area (Å²) < 4.78 is 0.950. The summed E-state index contributed by atoms with van der Waals surface area (Å²) >= 11 is 3.16. The summed E-state index contributed by atoms with van der Waals surface area (Å²) in [7, 11) is 0. The molecule has 0 atom stereocenters. The molecule has 2 aromatic rings. The van der Waals surface area contributed by atoms with Crippen LogP contribution in [0.15, 0.2) is 39.3 Å². The second kappa shape index (κ2) is 5.65. The summed E-state index contributed by atoms with van der Waals surface area (Å²) in [5.41, 5.74) is 9.04. The van der Waals surface area contributed by atoms with Crippen molar-refractivity contribution in [2.45, 2.75) is 10.1 Å². The van der Waals surface area contributed by atoms with Gasteiger partial charge in [0.25, 0.3) is 0 Å². The van der Waals surface area contributed by atoms with E-state index < -0.39 is 0 Å². The first kappa shape index (κ1) is 11.9. The molecule has 3 N–H and O–H groups in total. The molecule has 0 saturated heterocycles.